The first-order chi connectivity index (χ1) is 13.5. The van der Waals surface area contributed by atoms with Crippen molar-refractivity contribution in [3.8, 4) is 0 Å². The second kappa shape index (κ2) is 8.40. The maximum absolute atomic E-state index is 13.5. The van der Waals surface area contributed by atoms with Crippen LogP contribution in [0.25, 0.3) is 0 Å². The zero-order valence-electron chi connectivity index (χ0n) is 17.3. The summed E-state index contributed by atoms with van der Waals surface area (Å²) in [4.78, 5) is 0. The average Bonchev–Trinajstić information content (AvgIpc) is 2.63. The van der Waals surface area contributed by atoms with Gasteiger partial charge in [-0.15, -0.1) is 0 Å². The summed E-state index contributed by atoms with van der Waals surface area (Å²) in [5.74, 6) is -0.590. The van der Waals surface area contributed by atoms with Gasteiger partial charge in [-0.1, -0.05) is 39.0 Å². The molecule has 0 N–H and O–H groups in total. The standard InChI is InChI=1S/C25H35F3/c1-2-3-4-5-6-17-13-25(14-17)15-21(16-25)19-9-7-18(8-10-19)20-11-22(26)24(28)23(27)12-20/h11-12,17-19,21H,2-10,13-16H2,1H3. The molecule has 3 fully saturated rings. The smallest absolute Gasteiger partial charge is 0.194 e. The van der Waals surface area contributed by atoms with Gasteiger partial charge in [-0.3, -0.25) is 0 Å². The summed E-state index contributed by atoms with van der Waals surface area (Å²) in [6, 6.07) is 2.41. The van der Waals surface area contributed by atoms with Crippen LogP contribution in [0, 0.1) is 40.6 Å². The summed E-state index contributed by atoms with van der Waals surface area (Å²) < 4.78 is 40.2. The molecule has 1 aromatic carbocycles. The molecule has 3 aliphatic carbocycles. The third-order valence-electron chi connectivity index (χ3n) is 8.22. The lowest BCUT2D eigenvalue weighted by molar-refractivity contribution is -0.0948. The fourth-order valence-electron chi connectivity index (χ4n) is 6.68. The van der Waals surface area contributed by atoms with Gasteiger partial charge in [0.15, 0.2) is 17.5 Å². The van der Waals surface area contributed by atoms with E-state index in [-0.39, 0.29) is 5.92 Å². The van der Waals surface area contributed by atoms with Gasteiger partial charge in [0.2, 0.25) is 0 Å². The van der Waals surface area contributed by atoms with E-state index < -0.39 is 17.5 Å². The van der Waals surface area contributed by atoms with Gasteiger partial charge in [0.05, 0.1) is 0 Å². The monoisotopic (exact) mass is 392 g/mol. The van der Waals surface area contributed by atoms with Crippen molar-refractivity contribution in [3.63, 3.8) is 0 Å². The number of rotatable bonds is 7. The molecule has 0 heterocycles. The summed E-state index contributed by atoms with van der Waals surface area (Å²) in [6.07, 6.45) is 17.1. The van der Waals surface area contributed by atoms with Crippen molar-refractivity contribution in [2.24, 2.45) is 23.2 Å². The van der Waals surface area contributed by atoms with Crippen molar-refractivity contribution in [2.45, 2.75) is 96.3 Å². The molecule has 0 aromatic heterocycles. The highest BCUT2D eigenvalue weighted by Crippen LogP contribution is 2.65. The van der Waals surface area contributed by atoms with Crippen LogP contribution in [0.1, 0.15) is 102 Å². The van der Waals surface area contributed by atoms with Crippen molar-refractivity contribution in [1.29, 1.82) is 0 Å². The molecule has 1 aromatic rings. The van der Waals surface area contributed by atoms with Gasteiger partial charge in [-0.2, -0.15) is 0 Å². The van der Waals surface area contributed by atoms with E-state index >= 15 is 0 Å². The Morgan fingerprint density at radius 2 is 1.46 bits per heavy atom. The summed E-state index contributed by atoms with van der Waals surface area (Å²) in [5, 5.41) is 0. The van der Waals surface area contributed by atoms with Gasteiger partial charge in [0.1, 0.15) is 0 Å². The number of hydrogen-bond donors (Lipinski definition) is 0. The van der Waals surface area contributed by atoms with E-state index in [9.17, 15) is 13.2 Å². The van der Waals surface area contributed by atoms with Crippen LogP contribution >= 0.6 is 0 Å². The maximum Gasteiger partial charge on any atom is 0.194 e. The highest BCUT2D eigenvalue weighted by atomic mass is 19.2. The first-order valence-electron chi connectivity index (χ1n) is 11.6. The van der Waals surface area contributed by atoms with E-state index in [0.717, 1.165) is 43.4 Å². The Morgan fingerprint density at radius 3 is 2.07 bits per heavy atom. The molecule has 1 spiro atoms. The molecular weight excluding hydrogens is 357 g/mol. The predicted molar refractivity (Wildman–Crippen MR) is 108 cm³/mol. The molecule has 0 radical (unpaired) electrons. The molecule has 0 aliphatic heterocycles. The predicted octanol–water partition coefficient (Wildman–Crippen LogP) is 8.15. The minimum absolute atomic E-state index is 0.186. The molecule has 3 heteroatoms. The molecule has 3 aliphatic rings. The van der Waals surface area contributed by atoms with Gasteiger partial charge in [-0.25, -0.2) is 13.2 Å². The Morgan fingerprint density at radius 1 is 0.821 bits per heavy atom. The average molecular weight is 393 g/mol. The Labute approximate surface area is 168 Å². The Hall–Kier alpha value is -0.990. The lowest BCUT2D eigenvalue weighted by Crippen LogP contribution is -2.49. The lowest BCUT2D eigenvalue weighted by Gasteiger charge is -2.60. The van der Waals surface area contributed by atoms with Crippen LogP contribution in [-0.4, -0.2) is 0 Å². The number of hydrogen-bond acceptors (Lipinski definition) is 0. The van der Waals surface area contributed by atoms with Crippen molar-refractivity contribution >= 4 is 0 Å². The Balaban J connectivity index is 1.18. The maximum atomic E-state index is 13.5. The second-order valence-corrected chi connectivity index (χ2v) is 10.2. The molecule has 0 amide bonds. The Kier molecular flexibility index (Phi) is 6.09. The topological polar surface area (TPSA) is 0 Å². The molecule has 0 unspecified atom stereocenters. The molecule has 0 nitrogen and oxygen atoms in total. The molecule has 4 rings (SSSR count). The van der Waals surface area contributed by atoms with Crippen LogP contribution in [0.5, 0.6) is 0 Å². The number of unbranched alkanes of at least 4 members (excludes halogenated alkanes) is 3. The van der Waals surface area contributed by atoms with Crippen molar-refractivity contribution in [1.82, 2.24) is 0 Å². The van der Waals surface area contributed by atoms with E-state index in [0.29, 0.717) is 11.0 Å². The van der Waals surface area contributed by atoms with Gasteiger partial charge in [-0.05, 0) is 98.1 Å². The highest BCUT2D eigenvalue weighted by Gasteiger charge is 2.53. The Bertz CT molecular complexity index is 637. The second-order valence-electron chi connectivity index (χ2n) is 10.2. The van der Waals surface area contributed by atoms with Crippen LogP contribution in [0.3, 0.4) is 0 Å². The lowest BCUT2D eigenvalue weighted by atomic mass is 9.45. The summed E-state index contributed by atoms with van der Waals surface area (Å²) in [5.41, 5.74) is 1.34. The highest BCUT2D eigenvalue weighted by molar-refractivity contribution is 5.23. The quantitative estimate of drug-likeness (QED) is 0.324. The largest absolute Gasteiger partial charge is 0.204 e. The van der Waals surface area contributed by atoms with Crippen LogP contribution in [0.4, 0.5) is 13.2 Å². The number of halogens is 3. The van der Waals surface area contributed by atoms with Crippen LogP contribution in [0.2, 0.25) is 0 Å². The first kappa shape index (κ1) is 20.3. The molecule has 0 atom stereocenters. The summed E-state index contributed by atoms with van der Waals surface area (Å²) >= 11 is 0. The molecule has 0 bridgehead atoms. The van der Waals surface area contributed by atoms with Crippen molar-refractivity contribution < 1.29 is 13.2 Å². The summed E-state index contributed by atoms with van der Waals surface area (Å²) in [6.45, 7) is 2.27. The third kappa shape index (κ3) is 4.14. The first-order valence-corrected chi connectivity index (χ1v) is 11.6. The third-order valence-corrected chi connectivity index (χ3v) is 8.22. The van der Waals surface area contributed by atoms with E-state index in [2.05, 4.69) is 6.92 Å². The zero-order chi connectivity index (χ0) is 19.7. The fourth-order valence-corrected chi connectivity index (χ4v) is 6.68. The van der Waals surface area contributed by atoms with Crippen LogP contribution in [-0.2, 0) is 0 Å². The SMILES string of the molecule is CCCCCCC1CC2(C1)CC(C1CCC(c3cc(F)c(F)c(F)c3)CC1)C2. The van der Waals surface area contributed by atoms with E-state index in [4.69, 9.17) is 0 Å². The van der Waals surface area contributed by atoms with Crippen molar-refractivity contribution in [3.05, 3.63) is 35.1 Å². The van der Waals surface area contributed by atoms with Crippen LogP contribution in [0.15, 0.2) is 12.1 Å². The normalized spacial score (nSPS) is 34.9. The number of benzene rings is 1. The molecule has 3 saturated carbocycles. The molecule has 156 valence electrons. The molecule has 0 saturated heterocycles. The van der Waals surface area contributed by atoms with Crippen LogP contribution < -0.4 is 0 Å². The minimum atomic E-state index is -1.35. The zero-order valence-corrected chi connectivity index (χ0v) is 17.3. The van der Waals surface area contributed by atoms with E-state index in [1.807, 2.05) is 0 Å². The van der Waals surface area contributed by atoms with Gasteiger partial charge < -0.3 is 0 Å². The van der Waals surface area contributed by atoms with Crippen molar-refractivity contribution in [2.75, 3.05) is 0 Å². The minimum Gasteiger partial charge on any atom is -0.204 e. The van der Waals surface area contributed by atoms with Gasteiger partial charge in [0.25, 0.3) is 0 Å². The van der Waals surface area contributed by atoms with E-state index in [1.165, 1.54) is 69.9 Å². The van der Waals surface area contributed by atoms with Gasteiger partial charge in [0, 0.05) is 0 Å². The summed E-state index contributed by atoms with van der Waals surface area (Å²) in [7, 11) is 0. The molecule has 28 heavy (non-hydrogen) atoms. The van der Waals surface area contributed by atoms with E-state index in [1.54, 1.807) is 0 Å². The molecular formula is C25H35F3. The van der Waals surface area contributed by atoms with Gasteiger partial charge >= 0.3 is 0 Å². The fraction of sp³-hybridized carbons (Fsp3) is 0.760.